The minimum atomic E-state index is -4.39. The summed E-state index contributed by atoms with van der Waals surface area (Å²) in [6.07, 6.45) is -3.37. The Bertz CT molecular complexity index is 362. The first-order valence-corrected chi connectivity index (χ1v) is 6.49. The molecule has 0 heterocycles. The van der Waals surface area contributed by atoms with Gasteiger partial charge in [-0.25, -0.2) is 0 Å². The van der Waals surface area contributed by atoms with Crippen LogP contribution in [0.5, 0.6) is 5.75 Å². The topological polar surface area (TPSA) is 35.2 Å². The van der Waals surface area contributed by atoms with Crippen molar-refractivity contribution in [3.8, 4) is 5.75 Å². The molecule has 19 heavy (non-hydrogen) atoms. The van der Waals surface area contributed by atoms with Crippen LogP contribution < -0.4 is 10.5 Å². The molecule has 108 valence electrons. The number of benzene rings is 1. The van der Waals surface area contributed by atoms with Crippen LogP contribution in [0.25, 0.3) is 0 Å². The minimum Gasteiger partial charge on any atom is -0.481 e. The van der Waals surface area contributed by atoms with E-state index in [1.54, 1.807) is 24.3 Å². The molecule has 1 rings (SSSR count). The van der Waals surface area contributed by atoms with Gasteiger partial charge < -0.3 is 10.5 Å². The maximum absolute atomic E-state index is 12.7. The van der Waals surface area contributed by atoms with Gasteiger partial charge in [0.1, 0.15) is 5.75 Å². The largest absolute Gasteiger partial charge is 0.481 e. The van der Waals surface area contributed by atoms with Crippen LogP contribution in [0.1, 0.15) is 31.7 Å². The van der Waals surface area contributed by atoms with Crippen molar-refractivity contribution in [2.75, 3.05) is 6.54 Å². The molecule has 1 atom stereocenters. The van der Waals surface area contributed by atoms with E-state index in [1.807, 2.05) is 0 Å². The van der Waals surface area contributed by atoms with Crippen molar-refractivity contribution in [1.29, 1.82) is 0 Å². The van der Waals surface area contributed by atoms with E-state index in [0.29, 0.717) is 0 Å². The highest BCUT2D eigenvalue weighted by Crippen LogP contribution is 2.27. The van der Waals surface area contributed by atoms with Gasteiger partial charge in [0.25, 0.3) is 0 Å². The summed E-state index contributed by atoms with van der Waals surface area (Å²) < 4.78 is 42.9. The second-order valence-corrected chi connectivity index (χ2v) is 4.47. The zero-order valence-corrected chi connectivity index (χ0v) is 11.0. The van der Waals surface area contributed by atoms with Gasteiger partial charge in [0.2, 0.25) is 0 Å². The smallest absolute Gasteiger partial charge is 0.425 e. The SMILES string of the molecule is CCCCc1ccc(OC(CCN)C(F)(F)F)cc1. The summed E-state index contributed by atoms with van der Waals surface area (Å²) in [5.74, 6) is 0.232. The van der Waals surface area contributed by atoms with Crippen molar-refractivity contribution < 1.29 is 17.9 Å². The lowest BCUT2D eigenvalue weighted by molar-refractivity contribution is -0.196. The van der Waals surface area contributed by atoms with Crippen LogP contribution in [-0.4, -0.2) is 18.8 Å². The van der Waals surface area contributed by atoms with Crippen molar-refractivity contribution in [3.05, 3.63) is 29.8 Å². The first-order valence-electron chi connectivity index (χ1n) is 6.49. The van der Waals surface area contributed by atoms with Crippen LogP contribution in [0.4, 0.5) is 13.2 Å². The molecule has 1 aromatic rings. The van der Waals surface area contributed by atoms with Crippen LogP contribution in [0, 0.1) is 0 Å². The monoisotopic (exact) mass is 275 g/mol. The predicted octanol–water partition coefficient (Wildman–Crippen LogP) is 3.69. The van der Waals surface area contributed by atoms with Crippen LogP contribution in [-0.2, 0) is 6.42 Å². The molecule has 0 amide bonds. The molecule has 0 fully saturated rings. The lowest BCUT2D eigenvalue weighted by Crippen LogP contribution is -2.36. The number of hydrogen-bond acceptors (Lipinski definition) is 2. The molecular weight excluding hydrogens is 255 g/mol. The highest BCUT2D eigenvalue weighted by molar-refractivity contribution is 5.27. The van der Waals surface area contributed by atoms with Gasteiger partial charge >= 0.3 is 6.18 Å². The molecule has 1 unspecified atom stereocenters. The van der Waals surface area contributed by atoms with Crippen molar-refractivity contribution in [2.45, 2.75) is 44.9 Å². The van der Waals surface area contributed by atoms with Crippen molar-refractivity contribution in [1.82, 2.24) is 0 Å². The molecule has 5 heteroatoms. The zero-order chi connectivity index (χ0) is 14.3. The Kier molecular flexibility index (Phi) is 6.15. The van der Waals surface area contributed by atoms with E-state index in [2.05, 4.69) is 6.92 Å². The van der Waals surface area contributed by atoms with E-state index >= 15 is 0 Å². The zero-order valence-electron chi connectivity index (χ0n) is 11.0. The quantitative estimate of drug-likeness (QED) is 0.823. The third-order valence-corrected chi connectivity index (χ3v) is 2.81. The molecule has 0 aromatic heterocycles. The van der Waals surface area contributed by atoms with Crippen LogP contribution >= 0.6 is 0 Å². The van der Waals surface area contributed by atoms with Gasteiger partial charge in [-0.15, -0.1) is 0 Å². The van der Waals surface area contributed by atoms with E-state index < -0.39 is 12.3 Å². The van der Waals surface area contributed by atoms with Crippen LogP contribution in [0.3, 0.4) is 0 Å². The first kappa shape index (κ1) is 15.8. The number of hydrogen-bond donors (Lipinski definition) is 1. The number of rotatable bonds is 7. The fraction of sp³-hybridized carbons (Fsp3) is 0.571. The van der Waals surface area contributed by atoms with Crippen LogP contribution in [0.2, 0.25) is 0 Å². The number of ether oxygens (including phenoxy) is 1. The predicted molar refractivity (Wildman–Crippen MR) is 69.2 cm³/mol. The summed E-state index contributed by atoms with van der Waals surface area (Å²) in [4.78, 5) is 0. The lowest BCUT2D eigenvalue weighted by atomic mass is 10.1. The Hall–Kier alpha value is -1.23. The first-order chi connectivity index (χ1) is 8.97. The molecule has 1 aromatic carbocycles. The Balaban J connectivity index is 2.64. The van der Waals surface area contributed by atoms with E-state index in [4.69, 9.17) is 10.5 Å². The van der Waals surface area contributed by atoms with Crippen molar-refractivity contribution in [3.63, 3.8) is 0 Å². The third kappa shape index (κ3) is 5.51. The van der Waals surface area contributed by atoms with Gasteiger partial charge in [-0.05, 0) is 37.1 Å². The maximum Gasteiger partial charge on any atom is 0.425 e. The fourth-order valence-electron chi connectivity index (χ4n) is 1.72. The van der Waals surface area contributed by atoms with Crippen molar-refractivity contribution in [2.24, 2.45) is 5.73 Å². The summed E-state index contributed by atoms with van der Waals surface area (Å²) in [5.41, 5.74) is 6.29. The number of aryl methyl sites for hydroxylation is 1. The maximum atomic E-state index is 12.7. The molecule has 0 aliphatic rings. The minimum absolute atomic E-state index is 0.0568. The summed E-state index contributed by atoms with van der Waals surface area (Å²) in [7, 11) is 0. The molecule has 0 saturated heterocycles. The highest BCUT2D eigenvalue weighted by Gasteiger charge is 2.41. The Morgan fingerprint density at radius 3 is 2.32 bits per heavy atom. The van der Waals surface area contributed by atoms with Gasteiger partial charge in [0, 0.05) is 6.42 Å². The molecule has 0 aliphatic carbocycles. The molecule has 0 spiro atoms. The van der Waals surface area contributed by atoms with E-state index in [9.17, 15) is 13.2 Å². The van der Waals surface area contributed by atoms with Gasteiger partial charge in [0.05, 0.1) is 0 Å². The molecular formula is C14H20F3NO. The normalized spacial score (nSPS) is 13.3. The van der Waals surface area contributed by atoms with E-state index in [-0.39, 0.29) is 18.7 Å². The summed E-state index contributed by atoms with van der Waals surface area (Å²) in [5, 5.41) is 0. The Morgan fingerprint density at radius 2 is 1.84 bits per heavy atom. The fourth-order valence-corrected chi connectivity index (χ4v) is 1.72. The van der Waals surface area contributed by atoms with Crippen LogP contribution in [0.15, 0.2) is 24.3 Å². The number of nitrogens with two attached hydrogens (primary N) is 1. The number of halogens is 3. The second kappa shape index (κ2) is 7.38. The van der Waals surface area contributed by atoms with Gasteiger partial charge in [0.15, 0.2) is 6.10 Å². The van der Waals surface area contributed by atoms with Gasteiger partial charge in [-0.1, -0.05) is 25.5 Å². The van der Waals surface area contributed by atoms with E-state index in [1.165, 1.54) is 0 Å². The third-order valence-electron chi connectivity index (χ3n) is 2.81. The Labute approximate surface area is 111 Å². The summed E-state index contributed by atoms with van der Waals surface area (Å²) in [6.45, 7) is 2.04. The average molecular weight is 275 g/mol. The average Bonchev–Trinajstić information content (AvgIpc) is 2.36. The summed E-state index contributed by atoms with van der Waals surface area (Å²) in [6, 6.07) is 6.78. The second-order valence-electron chi connectivity index (χ2n) is 4.47. The standard InChI is InChI=1S/C14H20F3NO/c1-2-3-4-11-5-7-12(8-6-11)19-13(9-10-18)14(15,16)17/h5-8,13H,2-4,9-10,18H2,1H3. The van der Waals surface area contributed by atoms with Gasteiger partial charge in [-0.2, -0.15) is 13.2 Å². The molecule has 2 nitrogen and oxygen atoms in total. The van der Waals surface area contributed by atoms with Gasteiger partial charge in [-0.3, -0.25) is 0 Å². The molecule has 0 radical (unpaired) electrons. The van der Waals surface area contributed by atoms with Crippen molar-refractivity contribution >= 4 is 0 Å². The number of unbranched alkanes of at least 4 members (excludes halogenated alkanes) is 1. The van der Waals surface area contributed by atoms with E-state index in [0.717, 1.165) is 24.8 Å². The molecule has 0 aliphatic heterocycles. The molecule has 0 bridgehead atoms. The summed E-state index contributed by atoms with van der Waals surface area (Å²) >= 11 is 0. The lowest BCUT2D eigenvalue weighted by Gasteiger charge is -2.21. The molecule has 2 N–H and O–H groups in total. The molecule has 0 saturated carbocycles. The highest BCUT2D eigenvalue weighted by atomic mass is 19.4. The number of alkyl halides is 3. The Morgan fingerprint density at radius 1 is 1.21 bits per heavy atom.